The Kier molecular flexibility index (Phi) is 7.98. The van der Waals surface area contributed by atoms with Gasteiger partial charge in [0.25, 0.3) is 10.0 Å². The van der Waals surface area contributed by atoms with Crippen molar-refractivity contribution in [2.45, 2.75) is 4.90 Å². The van der Waals surface area contributed by atoms with Crippen LogP contribution in [0.3, 0.4) is 0 Å². The first-order valence-corrected chi connectivity index (χ1v) is 11.9. The molecule has 0 fully saturated rings. The Balaban J connectivity index is 2.03. The number of ether oxygens (including phenoxy) is 5. The molecular formula is C25H28N2O7S. The van der Waals surface area contributed by atoms with Crippen LogP contribution in [0.5, 0.6) is 28.7 Å². The third kappa shape index (κ3) is 5.72. The van der Waals surface area contributed by atoms with Crippen molar-refractivity contribution in [2.75, 3.05) is 46.0 Å². The van der Waals surface area contributed by atoms with E-state index in [9.17, 15) is 8.42 Å². The SMILES string of the molecule is COc1cc(C=Cc2cc(OC)c(OC)c(OC)c2)cc(NS(=O)(=O)c2cccc(N)c2)c1OC. The second kappa shape index (κ2) is 10.9. The second-order valence-electron chi connectivity index (χ2n) is 7.27. The number of anilines is 2. The molecule has 9 nitrogen and oxygen atoms in total. The maximum Gasteiger partial charge on any atom is 0.262 e. The summed E-state index contributed by atoms with van der Waals surface area (Å²) in [4.78, 5) is 0.0249. The lowest BCUT2D eigenvalue weighted by Crippen LogP contribution is -2.14. The number of methoxy groups -OCH3 is 5. The van der Waals surface area contributed by atoms with Gasteiger partial charge in [-0.1, -0.05) is 18.2 Å². The summed E-state index contributed by atoms with van der Waals surface area (Å²) in [5, 5.41) is 0. The second-order valence-corrected chi connectivity index (χ2v) is 8.96. The minimum absolute atomic E-state index is 0.0249. The molecule has 0 atom stereocenters. The van der Waals surface area contributed by atoms with Crippen LogP contribution in [0.4, 0.5) is 11.4 Å². The van der Waals surface area contributed by atoms with Crippen molar-refractivity contribution in [1.82, 2.24) is 0 Å². The van der Waals surface area contributed by atoms with E-state index in [1.54, 1.807) is 42.5 Å². The van der Waals surface area contributed by atoms with Crippen molar-refractivity contribution in [3.05, 3.63) is 59.7 Å². The topological polar surface area (TPSA) is 118 Å². The van der Waals surface area contributed by atoms with Gasteiger partial charge in [0.05, 0.1) is 46.1 Å². The number of nitrogens with two attached hydrogens (primary N) is 1. The minimum atomic E-state index is -3.94. The van der Waals surface area contributed by atoms with Crippen molar-refractivity contribution in [1.29, 1.82) is 0 Å². The molecule has 0 aromatic heterocycles. The van der Waals surface area contributed by atoms with Gasteiger partial charge < -0.3 is 29.4 Å². The molecule has 0 spiro atoms. The Hall–Kier alpha value is -4.05. The molecule has 0 heterocycles. The Morgan fingerprint density at radius 2 is 1.23 bits per heavy atom. The zero-order valence-electron chi connectivity index (χ0n) is 20.1. The maximum atomic E-state index is 13.0. The van der Waals surface area contributed by atoms with Crippen LogP contribution < -0.4 is 34.1 Å². The molecule has 0 bridgehead atoms. The van der Waals surface area contributed by atoms with Crippen LogP contribution in [0.2, 0.25) is 0 Å². The number of benzene rings is 3. The van der Waals surface area contributed by atoms with Gasteiger partial charge in [0.15, 0.2) is 23.0 Å². The van der Waals surface area contributed by atoms with E-state index in [2.05, 4.69) is 4.72 Å². The van der Waals surface area contributed by atoms with Gasteiger partial charge in [-0.15, -0.1) is 0 Å². The summed E-state index contributed by atoms with van der Waals surface area (Å²) in [6, 6.07) is 13.0. The third-order valence-electron chi connectivity index (χ3n) is 5.07. The highest BCUT2D eigenvalue weighted by Crippen LogP contribution is 2.40. The van der Waals surface area contributed by atoms with Crippen LogP contribution in [0.15, 0.2) is 53.4 Å². The number of sulfonamides is 1. The van der Waals surface area contributed by atoms with E-state index in [0.29, 0.717) is 34.2 Å². The third-order valence-corrected chi connectivity index (χ3v) is 6.43. The van der Waals surface area contributed by atoms with Crippen LogP contribution in [0.25, 0.3) is 12.2 Å². The molecule has 0 aliphatic carbocycles. The van der Waals surface area contributed by atoms with E-state index < -0.39 is 10.0 Å². The average molecular weight is 501 g/mol. The monoisotopic (exact) mass is 500 g/mol. The number of hydrogen-bond acceptors (Lipinski definition) is 8. The molecule has 0 radical (unpaired) electrons. The van der Waals surface area contributed by atoms with Gasteiger partial charge in [-0.2, -0.15) is 0 Å². The molecule has 35 heavy (non-hydrogen) atoms. The molecule has 10 heteroatoms. The summed E-state index contributed by atoms with van der Waals surface area (Å²) in [5.41, 5.74) is 7.73. The van der Waals surface area contributed by atoms with E-state index in [1.807, 2.05) is 6.08 Å². The Morgan fingerprint density at radius 3 is 1.71 bits per heavy atom. The highest BCUT2D eigenvalue weighted by atomic mass is 32.2. The standard InChI is InChI=1S/C25H28N2O7S/c1-30-21-12-16(9-10-17-13-22(31-2)25(34-5)23(14-17)32-3)11-20(24(21)33-4)27-35(28,29)19-8-6-7-18(26)15-19/h6-15,27H,26H2,1-5H3. The first kappa shape index (κ1) is 25.6. The van der Waals surface area contributed by atoms with Crippen LogP contribution in [0.1, 0.15) is 11.1 Å². The van der Waals surface area contributed by atoms with Crippen molar-refractivity contribution in [2.24, 2.45) is 0 Å². The fraction of sp³-hybridized carbons (Fsp3) is 0.200. The molecule has 3 aromatic carbocycles. The van der Waals surface area contributed by atoms with E-state index in [0.717, 1.165) is 5.56 Å². The van der Waals surface area contributed by atoms with Gasteiger partial charge in [0.1, 0.15) is 0 Å². The Bertz CT molecular complexity index is 1310. The highest BCUT2D eigenvalue weighted by Gasteiger charge is 2.20. The minimum Gasteiger partial charge on any atom is -0.493 e. The summed E-state index contributed by atoms with van der Waals surface area (Å²) in [6.45, 7) is 0. The van der Waals surface area contributed by atoms with Gasteiger partial charge in [-0.25, -0.2) is 8.42 Å². The molecule has 0 saturated carbocycles. The molecule has 0 unspecified atom stereocenters. The normalized spacial score (nSPS) is 11.2. The number of hydrogen-bond donors (Lipinski definition) is 2. The summed E-state index contributed by atoms with van der Waals surface area (Å²) >= 11 is 0. The van der Waals surface area contributed by atoms with Crippen LogP contribution in [-0.4, -0.2) is 44.0 Å². The summed E-state index contributed by atoms with van der Waals surface area (Å²) in [6.07, 6.45) is 3.61. The summed E-state index contributed by atoms with van der Waals surface area (Å²) in [5.74, 6) is 2.09. The fourth-order valence-corrected chi connectivity index (χ4v) is 4.54. The number of nitrogen functional groups attached to an aromatic ring is 1. The van der Waals surface area contributed by atoms with E-state index >= 15 is 0 Å². The molecule has 3 aromatic rings. The molecule has 0 saturated heterocycles. The first-order valence-electron chi connectivity index (χ1n) is 10.4. The maximum absolute atomic E-state index is 13.0. The molecule has 0 amide bonds. The van der Waals surface area contributed by atoms with Crippen LogP contribution in [0, 0.1) is 0 Å². The van der Waals surface area contributed by atoms with Gasteiger partial charge in [0, 0.05) is 5.69 Å². The molecular weight excluding hydrogens is 472 g/mol. The average Bonchev–Trinajstić information content (AvgIpc) is 2.86. The summed E-state index contributed by atoms with van der Waals surface area (Å²) in [7, 11) is 3.58. The molecule has 3 rings (SSSR count). The quantitative estimate of drug-likeness (QED) is 0.313. The summed E-state index contributed by atoms with van der Waals surface area (Å²) < 4.78 is 55.6. The Morgan fingerprint density at radius 1 is 0.714 bits per heavy atom. The lowest BCUT2D eigenvalue weighted by atomic mass is 10.1. The lowest BCUT2D eigenvalue weighted by molar-refractivity contribution is 0.324. The van der Waals surface area contributed by atoms with Crippen molar-refractivity contribution in [3.63, 3.8) is 0 Å². The van der Waals surface area contributed by atoms with Gasteiger partial charge in [-0.3, -0.25) is 4.72 Å². The number of nitrogens with one attached hydrogen (secondary N) is 1. The van der Waals surface area contributed by atoms with E-state index in [1.165, 1.54) is 47.7 Å². The van der Waals surface area contributed by atoms with E-state index in [-0.39, 0.29) is 16.3 Å². The fourth-order valence-electron chi connectivity index (χ4n) is 3.43. The Labute approximate surface area is 205 Å². The van der Waals surface area contributed by atoms with Gasteiger partial charge in [-0.05, 0) is 53.6 Å². The zero-order chi connectivity index (χ0) is 25.6. The molecule has 186 valence electrons. The smallest absolute Gasteiger partial charge is 0.262 e. The lowest BCUT2D eigenvalue weighted by Gasteiger charge is -2.16. The van der Waals surface area contributed by atoms with Gasteiger partial charge >= 0.3 is 0 Å². The van der Waals surface area contributed by atoms with Crippen LogP contribution in [-0.2, 0) is 10.0 Å². The van der Waals surface area contributed by atoms with E-state index in [4.69, 9.17) is 29.4 Å². The molecule has 0 aliphatic rings. The number of rotatable bonds is 10. The van der Waals surface area contributed by atoms with Crippen molar-refractivity contribution >= 4 is 33.6 Å². The predicted molar refractivity (Wildman–Crippen MR) is 136 cm³/mol. The van der Waals surface area contributed by atoms with Gasteiger partial charge in [0.2, 0.25) is 5.75 Å². The molecule has 3 N–H and O–H groups in total. The van der Waals surface area contributed by atoms with Crippen molar-refractivity contribution < 1.29 is 32.1 Å². The zero-order valence-corrected chi connectivity index (χ0v) is 20.9. The molecule has 0 aliphatic heterocycles. The largest absolute Gasteiger partial charge is 0.493 e. The predicted octanol–water partition coefficient (Wildman–Crippen LogP) is 4.28. The highest BCUT2D eigenvalue weighted by molar-refractivity contribution is 7.92. The van der Waals surface area contributed by atoms with Crippen LogP contribution >= 0.6 is 0 Å². The van der Waals surface area contributed by atoms with Crippen molar-refractivity contribution in [3.8, 4) is 28.7 Å². The first-order chi connectivity index (χ1) is 16.8.